The van der Waals surface area contributed by atoms with E-state index in [0.717, 1.165) is 11.4 Å². The first-order chi connectivity index (χ1) is 8.58. The average molecular weight is 261 g/mol. The number of nitrogens with zero attached hydrogens (tertiary/aromatic N) is 2. The van der Waals surface area contributed by atoms with Crippen LogP contribution in [0.4, 0.5) is 11.4 Å². The fourth-order valence-electron chi connectivity index (χ4n) is 1.92. The Kier molecular flexibility index (Phi) is 3.87. The molecule has 0 fully saturated rings. The summed E-state index contributed by atoms with van der Waals surface area (Å²) in [6.45, 7) is 4.23. The van der Waals surface area contributed by atoms with Gasteiger partial charge in [-0.15, -0.1) is 11.3 Å². The molecule has 96 valence electrons. The molecule has 1 aromatic heterocycles. The normalized spacial score (nSPS) is 12.2. The van der Waals surface area contributed by atoms with E-state index in [1.807, 2.05) is 5.51 Å². The van der Waals surface area contributed by atoms with Gasteiger partial charge in [0.05, 0.1) is 17.2 Å². The van der Waals surface area contributed by atoms with E-state index in [1.54, 1.807) is 11.3 Å². The van der Waals surface area contributed by atoms with Gasteiger partial charge in [0.15, 0.2) is 0 Å². The smallest absolute Gasteiger partial charge is 0.0798 e. The van der Waals surface area contributed by atoms with E-state index in [2.05, 4.69) is 67.4 Å². The molecule has 0 amide bonds. The van der Waals surface area contributed by atoms with Crippen LogP contribution in [-0.4, -0.2) is 19.1 Å². The minimum atomic E-state index is 0.287. The van der Waals surface area contributed by atoms with Gasteiger partial charge < -0.3 is 10.2 Å². The average Bonchev–Trinajstić information content (AvgIpc) is 2.76. The molecule has 0 aliphatic rings. The Morgan fingerprint density at radius 1 is 1.33 bits per heavy atom. The lowest BCUT2D eigenvalue weighted by Crippen LogP contribution is -2.10. The number of anilines is 2. The molecule has 0 aliphatic heterocycles. The van der Waals surface area contributed by atoms with Crippen LogP contribution < -0.4 is 10.2 Å². The van der Waals surface area contributed by atoms with Crippen molar-refractivity contribution in [2.75, 3.05) is 24.3 Å². The lowest BCUT2D eigenvalue weighted by Gasteiger charge is -2.17. The molecule has 1 heterocycles. The van der Waals surface area contributed by atoms with Crippen molar-refractivity contribution in [3.05, 3.63) is 40.3 Å². The van der Waals surface area contributed by atoms with Crippen molar-refractivity contribution in [2.45, 2.75) is 19.9 Å². The third kappa shape index (κ3) is 2.82. The molecule has 2 rings (SSSR count). The summed E-state index contributed by atoms with van der Waals surface area (Å²) in [5.74, 6) is 0. The zero-order chi connectivity index (χ0) is 13.1. The molecule has 3 nitrogen and oxygen atoms in total. The van der Waals surface area contributed by atoms with Gasteiger partial charge in [0.25, 0.3) is 0 Å². The van der Waals surface area contributed by atoms with E-state index in [4.69, 9.17) is 0 Å². The SMILES string of the molecule is Cc1ncsc1C(C)Nc1cccc(N(C)C)c1. The lowest BCUT2D eigenvalue weighted by atomic mass is 10.2. The maximum atomic E-state index is 4.30. The van der Waals surface area contributed by atoms with Crippen LogP contribution >= 0.6 is 11.3 Å². The summed E-state index contributed by atoms with van der Waals surface area (Å²) in [6.07, 6.45) is 0. The molecule has 0 saturated heterocycles. The highest BCUT2D eigenvalue weighted by atomic mass is 32.1. The van der Waals surface area contributed by atoms with Crippen molar-refractivity contribution in [1.29, 1.82) is 0 Å². The van der Waals surface area contributed by atoms with Crippen molar-refractivity contribution >= 4 is 22.7 Å². The molecule has 0 spiro atoms. The highest BCUT2D eigenvalue weighted by Gasteiger charge is 2.10. The molecular weight excluding hydrogens is 242 g/mol. The van der Waals surface area contributed by atoms with Crippen LogP contribution in [0.5, 0.6) is 0 Å². The van der Waals surface area contributed by atoms with Crippen LogP contribution in [0.1, 0.15) is 23.5 Å². The van der Waals surface area contributed by atoms with E-state index < -0.39 is 0 Å². The zero-order valence-electron chi connectivity index (χ0n) is 11.3. The van der Waals surface area contributed by atoms with Gasteiger partial charge in [0, 0.05) is 30.3 Å². The second-order valence-electron chi connectivity index (χ2n) is 4.61. The van der Waals surface area contributed by atoms with E-state index in [0.29, 0.717) is 0 Å². The number of rotatable bonds is 4. The summed E-state index contributed by atoms with van der Waals surface area (Å²) in [5.41, 5.74) is 5.36. The van der Waals surface area contributed by atoms with Gasteiger partial charge >= 0.3 is 0 Å². The molecule has 0 bridgehead atoms. The van der Waals surface area contributed by atoms with Crippen molar-refractivity contribution in [1.82, 2.24) is 4.98 Å². The van der Waals surface area contributed by atoms with E-state index >= 15 is 0 Å². The number of hydrogen-bond acceptors (Lipinski definition) is 4. The maximum Gasteiger partial charge on any atom is 0.0798 e. The van der Waals surface area contributed by atoms with Crippen molar-refractivity contribution < 1.29 is 0 Å². The fourth-order valence-corrected chi connectivity index (χ4v) is 2.73. The number of aryl methyl sites for hydroxylation is 1. The molecule has 1 unspecified atom stereocenters. The Bertz CT molecular complexity index is 519. The molecule has 1 atom stereocenters. The first-order valence-electron chi connectivity index (χ1n) is 6.02. The van der Waals surface area contributed by atoms with Gasteiger partial charge in [-0.25, -0.2) is 4.98 Å². The van der Waals surface area contributed by atoms with Gasteiger partial charge in [-0.3, -0.25) is 0 Å². The minimum absolute atomic E-state index is 0.287. The number of aromatic nitrogens is 1. The summed E-state index contributed by atoms with van der Waals surface area (Å²) < 4.78 is 0. The zero-order valence-corrected chi connectivity index (χ0v) is 12.1. The quantitative estimate of drug-likeness (QED) is 0.909. The second kappa shape index (κ2) is 5.40. The maximum absolute atomic E-state index is 4.30. The molecule has 1 aromatic carbocycles. The summed E-state index contributed by atoms with van der Waals surface area (Å²) in [4.78, 5) is 7.70. The Labute approximate surface area is 112 Å². The van der Waals surface area contributed by atoms with Gasteiger partial charge in [-0.05, 0) is 32.0 Å². The van der Waals surface area contributed by atoms with Crippen LogP contribution in [-0.2, 0) is 0 Å². The van der Waals surface area contributed by atoms with Crippen LogP contribution in [0.2, 0.25) is 0 Å². The second-order valence-corrected chi connectivity index (χ2v) is 5.50. The first kappa shape index (κ1) is 12.9. The topological polar surface area (TPSA) is 28.2 Å². The monoisotopic (exact) mass is 261 g/mol. The first-order valence-corrected chi connectivity index (χ1v) is 6.90. The summed E-state index contributed by atoms with van der Waals surface area (Å²) >= 11 is 1.70. The molecule has 1 N–H and O–H groups in total. The highest BCUT2D eigenvalue weighted by Crippen LogP contribution is 2.26. The molecule has 2 aromatic rings. The van der Waals surface area contributed by atoms with E-state index in [-0.39, 0.29) is 6.04 Å². The number of nitrogens with one attached hydrogen (secondary N) is 1. The Balaban J connectivity index is 2.14. The lowest BCUT2D eigenvalue weighted by molar-refractivity contribution is 0.890. The molecular formula is C14H19N3S. The number of benzene rings is 1. The van der Waals surface area contributed by atoms with E-state index in [1.165, 1.54) is 10.6 Å². The standard InChI is InChI=1S/C14H19N3S/c1-10-14(18-9-15-10)11(2)16-12-6-5-7-13(8-12)17(3)4/h5-9,11,16H,1-4H3. The third-order valence-electron chi connectivity index (χ3n) is 2.92. The molecule has 0 radical (unpaired) electrons. The van der Waals surface area contributed by atoms with Gasteiger partial charge in [-0.1, -0.05) is 6.07 Å². The summed E-state index contributed by atoms with van der Waals surface area (Å²) in [7, 11) is 4.10. The van der Waals surface area contributed by atoms with E-state index in [9.17, 15) is 0 Å². The molecule has 0 aliphatic carbocycles. The van der Waals surface area contributed by atoms with Crippen LogP contribution in [0.15, 0.2) is 29.8 Å². The molecule has 4 heteroatoms. The van der Waals surface area contributed by atoms with Crippen LogP contribution in [0.3, 0.4) is 0 Å². The van der Waals surface area contributed by atoms with Crippen molar-refractivity contribution in [2.24, 2.45) is 0 Å². The van der Waals surface area contributed by atoms with Crippen molar-refractivity contribution in [3.63, 3.8) is 0 Å². The number of hydrogen-bond donors (Lipinski definition) is 1. The Morgan fingerprint density at radius 2 is 2.11 bits per heavy atom. The van der Waals surface area contributed by atoms with Crippen LogP contribution in [0, 0.1) is 6.92 Å². The number of thiazole rings is 1. The predicted molar refractivity (Wildman–Crippen MR) is 79.7 cm³/mol. The fraction of sp³-hybridized carbons (Fsp3) is 0.357. The minimum Gasteiger partial charge on any atom is -0.378 e. The molecule has 0 saturated carbocycles. The Hall–Kier alpha value is -1.55. The van der Waals surface area contributed by atoms with Gasteiger partial charge in [0.2, 0.25) is 0 Å². The third-order valence-corrected chi connectivity index (χ3v) is 4.04. The predicted octanol–water partition coefficient (Wildman–Crippen LogP) is 3.69. The highest BCUT2D eigenvalue weighted by molar-refractivity contribution is 7.09. The summed E-state index contributed by atoms with van der Waals surface area (Å²) in [6, 6.07) is 8.72. The van der Waals surface area contributed by atoms with Crippen LogP contribution in [0.25, 0.3) is 0 Å². The van der Waals surface area contributed by atoms with Gasteiger partial charge in [-0.2, -0.15) is 0 Å². The van der Waals surface area contributed by atoms with Gasteiger partial charge in [0.1, 0.15) is 0 Å². The Morgan fingerprint density at radius 3 is 2.72 bits per heavy atom. The van der Waals surface area contributed by atoms with Crippen molar-refractivity contribution in [3.8, 4) is 0 Å². The largest absolute Gasteiger partial charge is 0.378 e. The summed E-state index contributed by atoms with van der Waals surface area (Å²) in [5, 5.41) is 3.52. The molecule has 18 heavy (non-hydrogen) atoms.